The van der Waals surface area contributed by atoms with Gasteiger partial charge < -0.3 is 16.4 Å². The molecule has 2 atom stereocenters. The average molecular weight is 312 g/mol. The summed E-state index contributed by atoms with van der Waals surface area (Å²) in [5.74, 6) is -0.578. The summed E-state index contributed by atoms with van der Waals surface area (Å²) in [6.45, 7) is 0.369. The molecule has 0 radical (unpaired) electrons. The van der Waals surface area contributed by atoms with Gasteiger partial charge >= 0.3 is 0 Å². The van der Waals surface area contributed by atoms with Crippen LogP contribution in [0.1, 0.15) is 24.8 Å². The van der Waals surface area contributed by atoms with Crippen molar-refractivity contribution in [2.24, 2.45) is 17.4 Å². The summed E-state index contributed by atoms with van der Waals surface area (Å²) in [6, 6.07) is 9.70. The molecule has 21 heavy (non-hydrogen) atoms. The maximum Gasteiger partial charge on any atom is 0.237 e. The van der Waals surface area contributed by atoms with Crippen molar-refractivity contribution in [1.29, 1.82) is 0 Å². The van der Waals surface area contributed by atoms with Crippen LogP contribution in [0.25, 0.3) is 0 Å². The van der Waals surface area contributed by atoms with E-state index in [4.69, 9.17) is 11.5 Å². The standard InChI is InChI=1S/C15H21N3O2.ClH/c16-13-7-6-12(8-13)15(20)18(10-14(17)19)9-11-4-2-1-3-5-11;/h1-5,12-13H,6-10,16H2,(H2,17,19);1H. The summed E-state index contributed by atoms with van der Waals surface area (Å²) in [6.07, 6.45) is 2.36. The van der Waals surface area contributed by atoms with Crippen molar-refractivity contribution in [3.63, 3.8) is 0 Å². The lowest BCUT2D eigenvalue weighted by atomic mass is 10.1. The maximum atomic E-state index is 12.5. The van der Waals surface area contributed by atoms with Crippen LogP contribution in [0.15, 0.2) is 30.3 Å². The van der Waals surface area contributed by atoms with E-state index < -0.39 is 5.91 Å². The number of hydrogen-bond acceptors (Lipinski definition) is 3. The highest BCUT2D eigenvalue weighted by atomic mass is 35.5. The molecule has 116 valence electrons. The molecule has 0 aliphatic heterocycles. The summed E-state index contributed by atoms with van der Waals surface area (Å²) in [5, 5.41) is 0. The van der Waals surface area contributed by atoms with Gasteiger partial charge in [0, 0.05) is 18.5 Å². The first kappa shape index (κ1) is 17.5. The summed E-state index contributed by atoms with van der Waals surface area (Å²) in [7, 11) is 0. The van der Waals surface area contributed by atoms with Gasteiger partial charge in [-0.05, 0) is 24.8 Å². The first-order valence-corrected chi connectivity index (χ1v) is 6.93. The lowest BCUT2D eigenvalue weighted by Gasteiger charge is -2.24. The van der Waals surface area contributed by atoms with E-state index in [1.165, 1.54) is 0 Å². The second-order valence-corrected chi connectivity index (χ2v) is 5.42. The Morgan fingerprint density at radius 2 is 1.86 bits per heavy atom. The molecule has 1 saturated carbocycles. The van der Waals surface area contributed by atoms with Crippen LogP contribution >= 0.6 is 12.4 Å². The largest absolute Gasteiger partial charge is 0.368 e. The predicted molar refractivity (Wildman–Crippen MR) is 83.6 cm³/mol. The molecule has 4 N–H and O–H groups in total. The Balaban J connectivity index is 0.00000220. The second kappa shape index (κ2) is 8.00. The van der Waals surface area contributed by atoms with E-state index in [1.54, 1.807) is 4.90 Å². The fraction of sp³-hybridized carbons (Fsp3) is 0.467. The average Bonchev–Trinajstić information content (AvgIpc) is 2.84. The molecule has 2 amide bonds. The zero-order valence-corrected chi connectivity index (χ0v) is 12.7. The minimum atomic E-state index is -0.489. The number of primary amides is 1. The molecule has 2 rings (SSSR count). The lowest BCUT2D eigenvalue weighted by molar-refractivity contribution is -0.139. The maximum absolute atomic E-state index is 12.5. The molecule has 0 saturated heterocycles. The molecule has 0 heterocycles. The van der Waals surface area contributed by atoms with Crippen molar-refractivity contribution in [2.45, 2.75) is 31.8 Å². The van der Waals surface area contributed by atoms with Gasteiger partial charge in [0.05, 0.1) is 6.54 Å². The summed E-state index contributed by atoms with van der Waals surface area (Å²) in [5.41, 5.74) is 12.1. The van der Waals surface area contributed by atoms with Gasteiger partial charge in [0.25, 0.3) is 0 Å². The van der Waals surface area contributed by atoms with E-state index >= 15 is 0 Å². The molecule has 2 unspecified atom stereocenters. The number of nitrogens with zero attached hydrogens (tertiary/aromatic N) is 1. The third-order valence-electron chi connectivity index (χ3n) is 3.70. The summed E-state index contributed by atoms with van der Waals surface area (Å²) < 4.78 is 0. The van der Waals surface area contributed by atoms with Crippen LogP contribution in [-0.2, 0) is 16.1 Å². The Hall–Kier alpha value is -1.59. The topological polar surface area (TPSA) is 89.4 Å². The van der Waals surface area contributed by atoms with Crippen molar-refractivity contribution >= 4 is 24.2 Å². The monoisotopic (exact) mass is 311 g/mol. The van der Waals surface area contributed by atoms with Crippen molar-refractivity contribution in [1.82, 2.24) is 4.90 Å². The van der Waals surface area contributed by atoms with Gasteiger partial charge in [-0.15, -0.1) is 12.4 Å². The number of amides is 2. The fourth-order valence-electron chi connectivity index (χ4n) is 2.70. The number of benzene rings is 1. The van der Waals surface area contributed by atoms with E-state index in [0.29, 0.717) is 13.0 Å². The highest BCUT2D eigenvalue weighted by Gasteiger charge is 2.31. The first-order valence-electron chi connectivity index (χ1n) is 6.93. The third kappa shape index (κ3) is 5.02. The Bertz CT molecular complexity index is 481. The molecule has 1 fully saturated rings. The van der Waals surface area contributed by atoms with Crippen LogP contribution in [0.2, 0.25) is 0 Å². The molecular weight excluding hydrogens is 290 g/mol. The van der Waals surface area contributed by atoms with Crippen LogP contribution in [0.3, 0.4) is 0 Å². The minimum Gasteiger partial charge on any atom is -0.368 e. The van der Waals surface area contributed by atoms with Crippen molar-refractivity contribution in [2.75, 3.05) is 6.54 Å². The van der Waals surface area contributed by atoms with Crippen molar-refractivity contribution < 1.29 is 9.59 Å². The van der Waals surface area contributed by atoms with Gasteiger partial charge in [-0.25, -0.2) is 0 Å². The zero-order valence-electron chi connectivity index (χ0n) is 11.9. The molecule has 1 aliphatic rings. The van der Waals surface area contributed by atoms with E-state index in [0.717, 1.165) is 18.4 Å². The molecule has 6 heteroatoms. The van der Waals surface area contributed by atoms with Gasteiger partial charge in [0.15, 0.2) is 0 Å². The van der Waals surface area contributed by atoms with Crippen LogP contribution < -0.4 is 11.5 Å². The molecule has 5 nitrogen and oxygen atoms in total. The highest BCUT2D eigenvalue weighted by molar-refractivity contribution is 5.85. The number of rotatable bonds is 5. The zero-order chi connectivity index (χ0) is 14.5. The smallest absolute Gasteiger partial charge is 0.237 e. The lowest BCUT2D eigenvalue weighted by Crippen LogP contribution is -2.41. The Kier molecular flexibility index (Phi) is 6.65. The van der Waals surface area contributed by atoms with Gasteiger partial charge in [-0.3, -0.25) is 9.59 Å². The fourth-order valence-corrected chi connectivity index (χ4v) is 2.70. The second-order valence-electron chi connectivity index (χ2n) is 5.42. The van der Waals surface area contributed by atoms with Crippen LogP contribution in [0, 0.1) is 5.92 Å². The molecular formula is C15H22ClN3O2. The summed E-state index contributed by atoms with van der Waals surface area (Å²) in [4.78, 5) is 25.2. The molecule has 0 aromatic heterocycles. The van der Waals surface area contributed by atoms with Gasteiger partial charge in [0.1, 0.15) is 0 Å². The van der Waals surface area contributed by atoms with Crippen LogP contribution in [-0.4, -0.2) is 29.3 Å². The Labute approximate surface area is 131 Å². The van der Waals surface area contributed by atoms with Crippen molar-refractivity contribution in [3.05, 3.63) is 35.9 Å². The highest BCUT2D eigenvalue weighted by Crippen LogP contribution is 2.26. The number of carbonyl (C=O) groups is 2. The molecule has 0 bridgehead atoms. The van der Waals surface area contributed by atoms with Gasteiger partial charge in [-0.2, -0.15) is 0 Å². The van der Waals surface area contributed by atoms with Crippen LogP contribution in [0.4, 0.5) is 0 Å². The molecule has 1 aromatic carbocycles. The predicted octanol–water partition coefficient (Wildman–Crippen LogP) is 1.05. The number of hydrogen-bond donors (Lipinski definition) is 2. The quantitative estimate of drug-likeness (QED) is 0.851. The van der Waals surface area contributed by atoms with Gasteiger partial charge in [0.2, 0.25) is 11.8 Å². The van der Waals surface area contributed by atoms with E-state index in [1.807, 2.05) is 30.3 Å². The van der Waals surface area contributed by atoms with E-state index in [9.17, 15) is 9.59 Å². The Morgan fingerprint density at radius 1 is 1.19 bits per heavy atom. The van der Waals surface area contributed by atoms with Crippen molar-refractivity contribution in [3.8, 4) is 0 Å². The van der Waals surface area contributed by atoms with E-state index in [2.05, 4.69) is 0 Å². The third-order valence-corrected chi connectivity index (χ3v) is 3.70. The van der Waals surface area contributed by atoms with E-state index in [-0.39, 0.29) is 36.8 Å². The normalized spacial score (nSPS) is 20.6. The number of nitrogens with two attached hydrogens (primary N) is 2. The minimum absolute atomic E-state index is 0. The number of halogens is 1. The molecule has 1 aromatic rings. The molecule has 1 aliphatic carbocycles. The van der Waals surface area contributed by atoms with Crippen LogP contribution in [0.5, 0.6) is 0 Å². The summed E-state index contributed by atoms with van der Waals surface area (Å²) >= 11 is 0. The molecule has 0 spiro atoms. The first-order chi connectivity index (χ1) is 9.56. The van der Waals surface area contributed by atoms with Gasteiger partial charge in [-0.1, -0.05) is 30.3 Å². The Morgan fingerprint density at radius 3 is 2.38 bits per heavy atom. The number of carbonyl (C=O) groups excluding carboxylic acids is 2. The SMILES string of the molecule is Cl.NC(=O)CN(Cc1ccccc1)C(=O)C1CCC(N)C1.